The van der Waals surface area contributed by atoms with Crippen LogP contribution in [0.5, 0.6) is 0 Å². The van der Waals surface area contributed by atoms with Crippen LogP contribution in [-0.2, 0) is 0 Å². The third kappa shape index (κ3) is 2.62. The van der Waals surface area contributed by atoms with Gasteiger partial charge in [-0.05, 0) is 18.6 Å². The summed E-state index contributed by atoms with van der Waals surface area (Å²) >= 11 is 5.62. The van der Waals surface area contributed by atoms with Crippen molar-refractivity contribution in [1.29, 1.82) is 0 Å². The fraction of sp³-hybridized carbons (Fsp3) is 0.500. The summed E-state index contributed by atoms with van der Waals surface area (Å²) in [6.07, 6.45) is -1.90. The molecule has 0 unspecified atom stereocenters. The van der Waals surface area contributed by atoms with Crippen molar-refractivity contribution in [1.82, 2.24) is 0 Å². The molecular weight excluding hydrogens is 227 g/mol. The molecule has 0 aliphatic carbocycles. The van der Waals surface area contributed by atoms with E-state index in [-0.39, 0.29) is 10.7 Å². The number of allylic oxidation sites excluding steroid dienone is 3. The zero-order chi connectivity index (χ0) is 11.9. The van der Waals surface area contributed by atoms with Gasteiger partial charge in [0.2, 0.25) is 0 Å². The minimum absolute atomic E-state index is 0.0693. The Bertz CT molecular complexity index is 361. The second kappa shape index (κ2) is 3.67. The minimum Gasteiger partial charge on any atom is -0.248 e. The lowest BCUT2D eigenvalue weighted by Crippen LogP contribution is -2.28. The van der Waals surface area contributed by atoms with Crippen LogP contribution in [0.2, 0.25) is 0 Å². The SMILES string of the molecule is CC1=C(C(F)(F)F)C(C)(C)C=NC(Cl)=C1. The number of hydrogen-bond donors (Lipinski definition) is 0. The van der Waals surface area contributed by atoms with Gasteiger partial charge in [-0.25, -0.2) is 4.99 Å². The molecular formula is C10H11ClF3N. The quantitative estimate of drug-likeness (QED) is 0.564. The lowest BCUT2D eigenvalue weighted by Gasteiger charge is -2.26. The second-order valence-electron chi connectivity index (χ2n) is 4.00. The Morgan fingerprint density at radius 3 is 2.33 bits per heavy atom. The lowest BCUT2D eigenvalue weighted by molar-refractivity contribution is -0.101. The van der Waals surface area contributed by atoms with Gasteiger partial charge >= 0.3 is 6.18 Å². The number of alkyl halides is 3. The van der Waals surface area contributed by atoms with Gasteiger partial charge in [0.25, 0.3) is 0 Å². The van der Waals surface area contributed by atoms with Crippen LogP contribution in [0.4, 0.5) is 13.2 Å². The van der Waals surface area contributed by atoms with Crippen molar-refractivity contribution in [3.8, 4) is 0 Å². The van der Waals surface area contributed by atoms with Crippen LogP contribution < -0.4 is 0 Å². The Balaban J connectivity index is 3.40. The summed E-state index contributed by atoms with van der Waals surface area (Å²) < 4.78 is 38.4. The molecule has 0 aromatic carbocycles. The molecule has 1 aliphatic heterocycles. The molecule has 1 aliphatic rings. The molecule has 0 radical (unpaired) electrons. The van der Waals surface area contributed by atoms with Crippen LogP contribution >= 0.6 is 11.6 Å². The van der Waals surface area contributed by atoms with Crippen molar-refractivity contribution >= 4 is 17.8 Å². The molecule has 15 heavy (non-hydrogen) atoms. The summed E-state index contributed by atoms with van der Waals surface area (Å²) in [7, 11) is 0. The Labute approximate surface area is 91.3 Å². The molecule has 0 saturated heterocycles. The molecule has 0 bridgehead atoms. The van der Waals surface area contributed by atoms with Crippen LogP contribution in [0.25, 0.3) is 0 Å². The fourth-order valence-corrected chi connectivity index (χ4v) is 1.89. The van der Waals surface area contributed by atoms with Crippen LogP contribution in [0.3, 0.4) is 0 Å². The summed E-state index contributed by atoms with van der Waals surface area (Å²) in [5.74, 6) is 0. The van der Waals surface area contributed by atoms with Gasteiger partial charge in [-0.1, -0.05) is 25.4 Å². The van der Waals surface area contributed by atoms with E-state index >= 15 is 0 Å². The van der Waals surface area contributed by atoms with Gasteiger partial charge < -0.3 is 0 Å². The van der Waals surface area contributed by atoms with Crippen LogP contribution in [-0.4, -0.2) is 12.4 Å². The molecule has 0 aromatic heterocycles. The zero-order valence-electron chi connectivity index (χ0n) is 8.61. The largest absolute Gasteiger partial charge is 0.413 e. The van der Waals surface area contributed by atoms with E-state index < -0.39 is 17.2 Å². The number of hydrogen-bond acceptors (Lipinski definition) is 1. The smallest absolute Gasteiger partial charge is 0.248 e. The molecule has 0 amide bonds. The lowest BCUT2D eigenvalue weighted by atomic mass is 9.82. The molecule has 0 N–H and O–H groups in total. The number of rotatable bonds is 0. The Morgan fingerprint density at radius 1 is 1.33 bits per heavy atom. The molecule has 0 spiro atoms. The van der Waals surface area contributed by atoms with Crippen molar-refractivity contribution in [2.45, 2.75) is 26.9 Å². The van der Waals surface area contributed by atoms with Gasteiger partial charge in [-0.2, -0.15) is 13.2 Å². The highest BCUT2D eigenvalue weighted by atomic mass is 35.5. The third-order valence-electron chi connectivity index (χ3n) is 2.17. The standard InChI is InChI=1S/C10H11ClF3N/c1-6-4-7(11)15-5-9(2,3)8(6)10(12,13)14/h4-5H,1-3H3. The summed E-state index contributed by atoms with van der Waals surface area (Å²) in [4.78, 5) is 3.75. The molecule has 5 heteroatoms. The van der Waals surface area contributed by atoms with Gasteiger partial charge in [0, 0.05) is 17.2 Å². The molecule has 0 aromatic rings. The predicted molar refractivity (Wildman–Crippen MR) is 55.0 cm³/mol. The molecule has 84 valence electrons. The molecule has 0 saturated carbocycles. The first kappa shape index (κ1) is 12.3. The highest BCUT2D eigenvalue weighted by Gasteiger charge is 2.44. The van der Waals surface area contributed by atoms with Crippen molar-refractivity contribution in [3.63, 3.8) is 0 Å². The van der Waals surface area contributed by atoms with Crippen molar-refractivity contribution in [2.24, 2.45) is 10.4 Å². The Morgan fingerprint density at radius 2 is 1.87 bits per heavy atom. The van der Waals surface area contributed by atoms with E-state index in [1.54, 1.807) is 0 Å². The molecule has 0 fully saturated rings. The van der Waals surface area contributed by atoms with E-state index in [2.05, 4.69) is 4.99 Å². The maximum atomic E-state index is 12.8. The third-order valence-corrected chi connectivity index (χ3v) is 2.38. The summed E-state index contributed by atoms with van der Waals surface area (Å²) in [6.45, 7) is 4.32. The predicted octanol–water partition coefficient (Wildman–Crippen LogP) is 4.06. The van der Waals surface area contributed by atoms with E-state index in [4.69, 9.17) is 11.6 Å². The van der Waals surface area contributed by atoms with E-state index in [1.807, 2.05) is 0 Å². The fourth-order valence-electron chi connectivity index (χ4n) is 1.67. The van der Waals surface area contributed by atoms with Gasteiger partial charge in [-0.3, -0.25) is 0 Å². The first-order valence-corrected chi connectivity index (χ1v) is 4.73. The van der Waals surface area contributed by atoms with Crippen molar-refractivity contribution in [2.75, 3.05) is 0 Å². The molecule has 0 atom stereocenters. The number of halogens is 4. The molecule has 1 rings (SSSR count). The average Bonchev–Trinajstić information content (AvgIpc) is 2.05. The van der Waals surface area contributed by atoms with E-state index in [1.165, 1.54) is 33.1 Å². The Hall–Kier alpha value is -0.770. The number of aliphatic imine (C=N–C) groups is 1. The van der Waals surface area contributed by atoms with Gasteiger partial charge in [0.15, 0.2) is 0 Å². The highest BCUT2D eigenvalue weighted by molar-refractivity contribution is 6.30. The topological polar surface area (TPSA) is 12.4 Å². The second-order valence-corrected chi connectivity index (χ2v) is 4.39. The normalized spacial score (nSPS) is 21.4. The van der Waals surface area contributed by atoms with Crippen molar-refractivity contribution < 1.29 is 13.2 Å². The molecule has 1 nitrogen and oxygen atoms in total. The van der Waals surface area contributed by atoms with Gasteiger partial charge in [0.1, 0.15) is 5.16 Å². The first-order valence-electron chi connectivity index (χ1n) is 4.35. The van der Waals surface area contributed by atoms with Crippen LogP contribution in [0.15, 0.2) is 27.4 Å². The summed E-state index contributed by atoms with van der Waals surface area (Å²) in [5, 5.41) is 0.0693. The zero-order valence-corrected chi connectivity index (χ0v) is 9.37. The first-order chi connectivity index (χ1) is 6.64. The summed E-state index contributed by atoms with van der Waals surface area (Å²) in [6, 6.07) is 0. The van der Waals surface area contributed by atoms with E-state index in [0.29, 0.717) is 0 Å². The Kier molecular flexibility index (Phi) is 3.01. The average molecular weight is 238 g/mol. The van der Waals surface area contributed by atoms with Gasteiger partial charge in [-0.15, -0.1) is 0 Å². The van der Waals surface area contributed by atoms with E-state index in [0.717, 1.165) is 0 Å². The maximum absolute atomic E-state index is 12.8. The maximum Gasteiger partial charge on any atom is 0.413 e. The minimum atomic E-state index is -4.36. The number of nitrogens with zero attached hydrogens (tertiary/aromatic N) is 1. The van der Waals surface area contributed by atoms with Gasteiger partial charge in [0.05, 0.1) is 0 Å². The molecule has 1 heterocycles. The monoisotopic (exact) mass is 237 g/mol. The van der Waals surface area contributed by atoms with Crippen LogP contribution in [0.1, 0.15) is 20.8 Å². The summed E-state index contributed by atoms with van der Waals surface area (Å²) in [5.41, 5.74) is -1.65. The van der Waals surface area contributed by atoms with Crippen LogP contribution in [0, 0.1) is 5.41 Å². The highest BCUT2D eigenvalue weighted by Crippen LogP contribution is 2.42. The van der Waals surface area contributed by atoms with Crippen molar-refractivity contribution in [3.05, 3.63) is 22.4 Å². The van der Waals surface area contributed by atoms with E-state index in [9.17, 15) is 13.2 Å².